The second kappa shape index (κ2) is 7.79. The molecule has 2 aliphatic rings. The van der Waals surface area contributed by atoms with Gasteiger partial charge in [-0.25, -0.2) is 0 Å². The molecule has 2 heterocycles. The van der Waals surface area contributed by atoms with Gasteiger partial charge >= 0.3 is 0 Å². The highest BCUT2D eigenvalue weighted by Crippen LogP contribution is 2.27. The predicted molar refractivity (Wildman–Crippen MR) is 104 cm³/mol. The predicted octanol–water partition coefficient (Wildman–Crippen LogP) is 2.77. The van der Waals surface area contributed by atoms with E-state index in [2.05, 4.69) is 51.5 Å². The van der Waals surface area contributed by atoms with E-state index in [1.54, 1.807) is 0 Å². The lowest BCUT2D eigenvalue weighted by molar-refractivity contribution is -0.116. The van der Waals surface area contributed by atoms with Crippen LogP contribution in [0.4, 0.5) is 11.4 Å². The van der Waals surface area contributed by atoms with Crippen LogP contribution in [0.15, 0.2) is 48.5 Å². The number of piperazine rings is 1. The second-order valence-corrected chi connectivity index (χ2v) is 6.88. The molecule has 0 aromatic heterocycles. The number of para-hydroxylation sites is 1. The summed E-state index contributed by atoms with van der Waals surface area (Å²) < 4.78 is 5.91. The number of hydrogen-bond donors (Lipinski definition) is 1. The molecule has 5 heteroatoms. The molecule has 1 saturated heterocycles. The number of ether oxygens (including phenoxy) is 1. The monoisotopic (exact) mass is 351 g/mol. The Morgan fingerprint density at radius 2 is 1.77 bits per heavy atom. The molecule has 4 rings (SSSR count). The number of nitrogens with zero attached hydrogens (tertiary/aromatic N) is 2. The van der Waals surface area contributed by atoms with Gasteiger partial charge in [0.05, 0.1) is 0 Å². The lowest BCUT2D eigenvalue weighted by Gasteiger charge is -2.36. The molecule has 0 unspecified atom stereocenters. The Morgan fingerprint density at radius 1 is 0.962 bits per heavy atom. The smallest absolute Gasteiger partial charge is 0.224 e. The lowest BCUT2D eigenvalue weighted by Crippen LogP contribution is -2.47. The first-order chi connectivity index (χ1) is 12.8. The fourth-order valence-electron chi connectivity index (χ4n) is 3.60. The first-order valence-corrected chi connectivity index (χ1v) is 9.36. The van der Waals surface area contributed by atoms with E-state index in [4.69, 9.17) is 4.74 Å². The number of hydrogen-bond acceptors (Lipinski definition) is 4. The maximum Gasteiger partial charge on any atom is 0.224 e. The molecule has 0 aliphatic carbocycles. The van der Waals surface area contributed by atoms with Crippen LogP contribution in [0.1, 0.15) is 12.0 Å². The van der Waals surface area contributed by atoms with Crippen LogP contribution in [0.3, 0.4) is 0 Å². The van der Waals surface area contributed by atoms with Crippen molar-refractivity contribution in [3.05, 3.63) is 54.1 Å². The zero-order valence-corrected chi connectivity index (χ0v) is 15.0. The average Bonchev–Trinajstić information content (AvgIpc) is 2.69. The van der Waals surface area contributed by atoms with Crippen molar-refractivity contribution in [1.29, 1.82) is 0 Å². The summed E-state index contributed by atoms with van der Waals surface area (Å²) in [5.74, 6) is 0.916. The molecule has 136 valence electrons. The first kappa shape index (κ1) is 16.9. The summed E-state index contributed by atoms with van der Waals surface area (Å²) in [5, 5.41) is 2.93. The lowest BCUT2D eigenvalue weighted by atomic mass is 10.0. The van der Waals surface area contributed by atoms with Gasteiger partial charge in [-0.15, -0.1) is 0 Å². The minimum atomic E-state index is 0.0888. The second-order valence-electron chi connectivity index (χ2n) is 6.88. The van der Waals surface area contributed by atoms with Crippen LogP contribution in [0.5, 0.6) is 5.75 Å². The van der Waals surface area contributed by atoms with E-state index in [1.807, 2.05) is 12.1 Å². The number of amides is 1. The maximum atomic E-state index is 11.5. The molecule has 26 heavy (non-hydrogen) atoms. The standard InChI is InChI=1S/C21H25N3O2/c25-21-9-7-17-6-8-19(16-20(17)22-21)26-15-14-23-10-12-24(13-11-23)18-4-2-1-3-5-18/h1-6,8,16H,7,9-15H2,(H,22,25). The van der Waals surface area contributed by atoms with E-state index in [-0.39, 0.29) is 5.91 Å². The third-order valence-electron chi connectivity index (χ3n) is 5.15. The van der Waals surface area contributed by atoms with Gasteiger partial charge < -0.3 is 15.0 Å². The maximum absolute atomic E-state index is 11.5. The summed E-state index contributed by atoms with van der Waals surface area (Å²) in [6.07, 6.45) is 1.38. The summed E-state index contributed by atoms with van der Waals surface area (Å²) >= 11 is 0. The SMILES string of the molecule is O=C1CCc2ccc(OCCN3CCN(c4ccccc4)CC3)cc2N1. The largest absolute Gasteiger partial charge is 0.492 e. The Kier molecular flexibility index (Phi) is 5.07. The van der Waals surface area contributed by atoms with Gasteiger partial charge in [0, 0.05) is 56.6 Å². The molecule has 0 atom stereocenters. The third-order valence-corrected chi connectivity index (χ3v) is 5.15. The topological polar surface area (TPSA) is 44.8 Å². The van der Waals surface area contributed by atoms with Crippen LogP contribution in [-0.4, -0.2) is 50.1 Å². The van der Waals surface area contributed by atoms with Crippen molar-refractivity contribution >= 4 is 17.3 Å². The van der Waals surface area contributed by atoms with Gasteiger partial charge in [0.2, 0.25) is 5.91 Å². The van der Waals surface area contributed by atoms with Crippen molar-refractivity contribution in [1.82, 2.24) is 4.90 Å². The van der Waals surface area contributed by atoms with Crippen molar-refractivity contribution in [2.24, 2.45) is 0 Å². The van der Waals surface area contributed by atoms with Crippen molar-refractivity contribution in [3.63, 3.8) is 0 Å². The molecule has 2 aliphatic heterocycles. The van der Waals surface area contributed by atoms with E-state index in [0.29, 0.717) is 13.0 Å². The zero-order valence-electron chi connectivity index (χ0n) is 15.0. The molecule has 1 N–H and O–H groups in total. The Balaban J connectivity index is 1.23. The van der Waals surface area contributed by atoms with E-state index < -0.39 is 0 Å². The summed E-state index contributed by atoms with van der Waals surface area (Å²) in [7, 11) is 0. The molecule has 1 fully saturated rings. The van der Waals surface area contributed by atoms with Gasteiger partial charge in [-0.3, -0.25) is 9.69 Å². The van der Waals surface area contributed by atoms with Crippen molar-refractivity contribution in [2.45, 2.75) is 12.8 Å². The van der Waals surface area contributed by atoms with Crippen LogP contribution in [0.2, 0.25) is 0 Å². The number of nitrogens with one attached hydrogen (secondary N) is 1. The number of aryl methyl sites for hydroxylation is 1. The molecule has 0 spiro atoms. The van der Waals surface area contributed by atoms with E-state index in [1.165, 1.54) is 11.3 Å². The number of anilines is 2. The molecule has 5 nitrogen and oxygen atoms in total. The molecule has 2 aromatic rings. The minimum absolute atomic E-state index is 0.0888. The number of carbonyl (C=O) groups is 1. The fourth-order valence-corrected chi connectivity index (χ4v) is 3.60. The van der Waals surface area contributed by atoms with E-state index >= 15 is 0 Å². The van der Waals surface area contributed by atoms with Gasteiger partial charge in [-0.2, -0.15) is 0 Å². The van der Waals surface area contributed by atoms with Gasteiger partial charge in [0.1, 0.15) is 12.4 Å². The molecular formula is C21H25N3O2. The van der Waals surface area contributed by atoms with Crippen molar-refractivity contribution < 1.29 is 9.53 Å². The van der Waals surface area contributed by atoms with Crippen LogP contribution in [-0.2, 0) is 11.2 Å². The van der Waals surface area contributed by atoms with Crippen molar-refractivity contribution in [3.8, 4) is 5.75 Å². The fraction of sp³-hybridized carbons (Fsp3) is 0.381. The summed E-state index contributed by atoms with van der Waals surface area (Å²) in [5.41, 5.74) is 3.39. The number of carbonyl (C=O) groups excluding carboxylic acids is 1. The Bertz CT molecular complexity index is 755. The Morgan fingerprint density at radius 3 is 2.58 bits per heavy atom. The van der Waals surface area contributed by atoms with Crippen LogP contribution < -0.4 is 15.0 Å². The molecule has 0 saturated carbocycles. The molecule has 1 amide bonds. The average molecular weight is 351 g/mol. The molecule has 2 aromatic carbocycles. The van der Waals surface area contributed by atoms with E-state index in [0.717, 1.165) is 50.6 Å². The summed E-state index contributed by atoms with van der Waals surface area (Å²) in [6.45, 7) is 5.80. The highest BCUT2D eigenvalue weighted by molar-refractivity contribution is 5.94. The molecule has 0 radical (unpaired) electrons. The van der Waals surface area contributed by atoms with Gasteiger partial charge in [0.15, 0.2) is 0 Å². The van der Waals surface area contributed by atoms with Crippen LogP contribution in [0, 0.1) is 0 Å². The first-order valence-electron chi connectivity index (χ1n) is 9.36. The number of benzene rings is 2. The highest BCUT2D eigenvalue weighted by atomic mass is 16.5. The molecule has 0 bridgehead atoms. The number of rotatable bonds is 5. The van der Waals surface area contributed by atoms with Crippen LogP contribution >= 0.6 is 0 Å². The van der Waals surface area contributed by atoms with Gasteiger partial charge in [-0.05, 0) is 30.2 Å². The zero-order chi connectivity index (χ0) is 17.8. The Labute approximate surface area is 154 Å². The quantitative estimate of drug-likeness (QED) is 0.900. The van der Waals surface area contributed by atoms with Gasteiger partial charge in [-0.1, -0.05) is 24.3 Å². The summed E-state index contributed by atoms with van der Waals surface area (Å²) in [6, 6.07) is 16.6. The molecular weight excluding hydrogens is 326 g/mol. The normalized spacial score (nSPS) is 17.5. The Hall–Kier alpha value is -2.53. The van der Waals surface area contributed by atoms with Crippen LogP contribution in [0.25, 0.3) is 0 Å². The van der Waals surface area contributed by atoms with Crippen molar-refractivity contribution in [2.75, 3.05) is 49.5 Å². The highest BCUT2D eigenvalue weighted by Gasteiger charge is 2.17. The minimum Gasteiger partial charge on any atom is -0.492 e. The van der Waals surface area contributed by atoms with Gasteiger partial charge in [0.25, 0.3) is 0 Å². The summed E-state index contributed by atoms with van der Waals surface area (Å²) in [4.78, 5) is 16.4. The third kappa shape index (κ3) is 3.99. The number of fused-ring (bicyclic) bond motifs is 1. The van der Waals surface area contributed by atoms with E-state index in [9.17, 15) is 4.79 Å².